The molecule has 0 saturated heterocycles. The monoisotopic (exact) mass is 319 g/mol. The molecule has 0 N–H and O–H groups in total. The minimum atomic E-state index is -3.52. The van der Waals surface area contributed by atoms with Crippen molar-refractivity contribution in [2.75, 3.05) is 12.4 Å². The molecule has 1 atom stereocenters. The van der Waals surface area contributed by atoms with E-state index in [4.69, 9.17) is 15.4 Å². The highest BCUT2D eigenvalue weighted by atomic mass is 35.7. The molecule has 0 aliphatic heterocycles. The minimum Gasteiger partial charge on any atom is -0.491 e. The lowest BCUT2D eigenvalue weighted by atomic mass is 9.99. The molecule has 0 bridgehead atoms. The number of rotatable bonds is 7. The molecule has 6 heteroatoms. The van der Waals surface area contributed by atoms with Gasteiger partial charge in [0.15, 0.2) is 0 Å². The van der Waals surface area contributed by atoms with Gasteiger partial charge in [0.1, 0.15) is 5.75 Å². The topological polar surface area (TPSA) is 56.3 Å². The molecule has 0 spiro atoms. The van der Waals surface area contributed by atoms with Gasteiger partial charge in [-0.25, -0.2) is 8.42 Å². The third-order valence-corrected chi connectivity index (χ3v) is 4.42. The molecule has 1 aromatic heterocycles. The van der Waals surface area contributed by atoms with Crippen molar-refractivity contribution in [3.8, 4) is 5.75 Å². The van der Waals surface area contributed by atoms with Crippen molar-refractivity contribution in [1.29, 1.82) is 0 Å². The highest BCUT2D eigenvalue weighted by Gasteiger charge is 2.21. The molecule has 20 heavy (non-hydrogen) atoms. The molecule has 1 unspecified atom stereocenters. The van der Waals surface area contributed by atoms with Crippen molar-refractivity contribution in [1.82, 2.24) is 4.98 Å². The van der Waals surface area contributed by atoms with Gasteiger partial charge in [-0.2, -0.15) is 0 Å². The molecular formula is C14H22ClNO3S. The summed E-state index contributed by atoms with van der Waals surface area (Å²) in [7, 11) is 1.82. The summed E-state index contributed by atoms with van der Waals surface area (Å²) < 4.78 is 28.2. The number of ether oxygens (including phenoxy) is 1. The van der Waals surface area contributed by atoms with Crippen molar-refractivity contribution >= 4 is 19.7 Å². The number of hydrogen-bond acceptors (Lipinski definition) is 4. The Labute approximate surface area is 125 Å². The van der Waals surface area contributed by atoms with Crippen LogP contribution in [0.1, 0.15) is 32.2 Å². The summed E-state index contributed by atoms with van der Waals surface area (Å²) in [4.78, 5) is 4.42. The second-order valence-corrected chi connectivity index (χ2v) is 8.09. The largest absolute Gasteiger partial charge is 0.491 e. The first-order chi connectivity index (χ1) is 9.23. The van der Waals surface area contributed by atoms with E-state index in [1.165, 1.54) is 0 Å². The first-order valence-electron chi connectivity index (χ1n) is 6.74. The quantitative estimate of drug-likeness (QED) is 0.724. The van der Waals surface area contributed by atoms with Crippen LogP contribution in [0.25, 0.3) is 0 Å². The summed E-state index contributed by atoms with van der Waals surface area (Å²) in [6.45, 7) is 8.19. The summed E-state index contributed by atoms with van der Waals surface area (Å²) in [5.41, 5.74) is 1.83. The lowest BCUT2D eigenvalue weighted by Gasteiger charge is -2.20. The fourth-order valence-electron chi connectivity index (χ4n) is 1.87. The standard InChI is InChI=1S/C14H22ClNO3S/c1-5-13-14(7-6-11(4)16-13)19-8-12(10(2)3)9-20(15,17)18/h6-7,10,12H,5,8-9H2,1-4H3. The van der Waals surface area contributed by atoms with E-state index in [1.807, 2.05) is 39.8 Å². The average molecular weight is 320 g/mol. The molecule has 1 heterocycles. The van der Waals surface area contributed by atoms with Gasteiger partial charge in [-0.05, 0) is 31.4 Å². The zero-order valence-corrected chi connectivity index (χ0v) is 14.0. The van der Waals surface area contributed by atoms with Gasteiger partial charge in [-0.1, -0.05) is 20.8 Å². The fraction of sp³-hybridized carbons (Fsp3) is 0.643. The smallest absolute Gasteiger partial charge is 0.233 e. The Morgan fingerprint density at radius 3 is 2.50 bits per heavy atom. The van der Waals surface area contributed by atoms with Gasteiger partial charge in [0.2, 0.25) is 9.05 Å². The predicted molar refractivity (Wildman–Crippen MR) is 81.8 cm³/mol. The molecule has 0 aliphatic rings. The van der Waals surface area contributed by atoms with Gasteiger partial charge >= 0.3 is 0 Å². The van der Waals surface area contributed by atoms with E-state index in [1.54, 1.807) is 0 Å². The van der Waals surface area contributed by atoms with Gasteiger partial charge in [-0.3, -0.25) is 4.98 Å². The molecule has 0 aliphatic carbocycles. The summed E-state index contributed by atoms with van der Waals surface area (Å²) in [5, 5.41) is 0. The van der Waals surface area contributed by atoms with E-state index in [-0.39, 0.29) is 17.6 Å². The molecule has 0 amide bonds. The van der Waals surface area contributed by atoms with E-state index >= 15 is 0 Å². The molecule has 4 nitrogen and oxygen atoms in total. The number of aryl methyl sites for hydroxylation is 2. The van der Waals surface area contributed by atoms with Gasteiger partial charge in [-0.15, -0.1) is 0 Å². The Bertz CT molecular complexity index is 543. The zero-order valence-electron chi connectivity index (χ0n) is 12.4. The third-order valence-electron chi connectivity index (χ3n) is 3.22. The zero-order chi connectivity index (χ0) is 15.3. The van der Waals surface area contributed by atoms with Crippen LogP contribution in [0.4, 0.5) is 0 Å². The van der Waals surface area contributed by atoms with E-state index in [0.717, 1.165) is 23.6 Å². The molecule has 1 rings (SSSR count). The Morgan fingerprint density at radius 1 is 1.35 bits per heavy atom. The maximum absolute atomic E-state index is 11.2. The fourth-order valence-corrected chi connectivity index (χ4v) is 3.35. The SMILES string of the molecule is CCc1nc(C)ccc1OCC(CS(=O)(=O)Cl)C(C)C. The minimum absolute atomic E-state index is 0.0764. The highest BCUT2D eigenvalue weighted by Crippen LogP contribution is 2.21. The van der Waals surface area contributed by atoms with Crippen molar-refractivity contribution in [3.05, 3.63) is 23.5 Å². The molecule has 1 aromatic rings. The van der Waals surface area contributed by atoms with Gasteiger partial charge < -0.3 is 4.74 Å². The number of pyridine rings is 1. The van der Waals surface area contributed by atoms with Crippen LogP contribution in [-0.2, 0) is 15.5 Å². The number of nitrogens with zero attached hydrogens (tertiary/aromatic N) is 1. The van der Waals surface area contributed by atoms with Gasteiger partial charge in [0, 0.05) is 22.3 Å². The van der Waals surface area contributed by atoms with E-state index < -0.39 is 9.05 Å². The van der Waals surface area contributed by atoms with Crippen LogP contribution in [-0.4, -0.2) is 25.8 Å². The summed E-state index contributed by atoms with van der Waals surface area (Å²) in [6.07, 6.45) is 0.775. The molecule has 0 fully saturated rings. The van der Waals surface area contributed by atoms with Crippen LogP contribution in [0.3, 0.4) is 0 Å². The Morgan fingerprint density at radius 2 is 2.00 bits per heavy atom. The first-order valence-corrected chi connectivity index (χ1v) is 9.22. The Hall–Kier alpha value is -0.810. The highest BCUT2D eigenvalue weighted by molar-refractivity contribution is 8.13. The van der Waals surface area contributed by atoms with E-state index in [9.17, 15) is 8.42 Å². The van der Waals surface area contributed by atoms with Crippen LogP contribution in [0, 0.1) is 18.8 Å². The molecule has 114 valence electrons. The molecule has 0 saturated carbocycles. The van der Waals surface area contributed by atoms with Gasteiger partial charge in [0.25, 0.3) is 0 Å². The summed E-state index contributed by atoms with van der Waals surface area (Å²) >= 11 is 0. The molecular weight excluding hydrogens is 298 g/mol. The molecule has 0 radical (unpaired) electrons. The predicted octanol–water partition coefficient (Wildman–Crippen LogP) is 3.17. The maximum Gasteiger partial charge on any atom is 0.233 e. The van der Waals surface area contributed by atoms with Crippen LogP contribution in [0.2, 0.25) is 0 Å². The Kier molecular flexibility index (Phi) is 6.27. The second-order valence-electron chi connectivity index (χ2n) is 5.27. The first kappa shape index (κ1) is 17.2. The number of aromatic nitrogens is 1. The van der Waals surface area contributed by atoms with Crippen molar-refractivity contribution < 1.29 is 13.2 Å². The number of hydrogen-bond donors (Lipinski definition) is 0. The van der Waals surface area contributed by atoms with Crippen molar-refractivity contribution in [3.63, 3.8) is 0 Å². The Balaban J connectivity index is 2.77. The van der Waals surface area contributed by atoms with E-state index in [2.05, 4.69) is 4.98 Å². The van der Waals surface area contributed by atoms with Crippen LogP contribution in [0.5, 0.6) is 5.75 Å². The lowest BCUT2D eigenvalue weighted by Crippen LogP contribution is -2.25. The van der Waals surface area contributed by atoms with E-state index in [0.29, 0.717) is 6.61 Å². The number of halogens is 1. The molecule has 0 aromatic carbocycles. The average Bonchev–Trinajstić information content (AvgIpc) is 2.33. The normalized spacial score (nSPS) is 13.5. The van der Waals surface area contributed by atoms with Crippen molar-refractivity contribution in [2.24, 2.45) is 11.8 Å². The summed E-state index contributed by atoms with van der Waals surface area (Å²) in [5.74, 6) is 0.679. The second kappa shape index (κ2) is 7.27. The summed E-state index contributed by atoms with van der Waals surface area (Å²) in [6, 6.07) is 3.77. The van der Waals surface area contributed by atoms with Crippen LogP contribution >= 0.6 is 10.7 Å². The van der Waals surface area contributed by atoms with Gasteiger partial charge in [0.05, 0.1) is 18.1 Å². The lowest BCUT2D eigenvalue weighted by molar-refractivity contribution is 0.222. The van der Waals surface area contributed by atoms with Crippen LogP contribution < -0.4 is 4.74 Å². The third kappa shape index (κ3) is 5.67. The van der Waals surface area contributed by atoms with Crippen LogP contribution in [0.15, 0.2) is 12.1 Å². The van der Waals surface area contributed by atoms with Crippen molar-refractivity contribution in [2.45, 2.75) is 34.1 Å². The maximum atomic E-state index is 11.2.